The van der Waals surface area contributed by atoms with Crippen molar-refractivity contribution in [2.45, 2.75) is 38.7 Å². The Kier molecular flexibility index (Phi) is 6.31. The third-order valence-corrected chi connectivity index (χ3v) is 6.28. The van der Waals surface area contributed by atoms with Crippen molar-refractivity contribution in [3.63, 3.8) is 0 Å². The van der Waals surface area contributed by atoms with Gasteiger partial charge in [0, 0.05) is 32.5 Å². The van der Waals surface area contributed by atoms with Gasteiger partial charge < -0.3 is 15.0 Å². The van der Waals surface area contributed by atoms with E-state index >= 15 is 0 Å². The van der Waals surface area contributed by atoms with Crippen molar-refractivity contribution < 1.29 is 19.1 Å². The molecule has 2 aliphatic rings. The van der Waals surface area contributed by atoms with E-state index in [0.29, 0.717) is 32.5 Å². The van der Waals surface area contributed by atoms with Crippen LogP contribution < -0.4 is 5.32 Å². The molecule has 6 nitrogen and oxygen atoms in total. The summed E-state index contributed by atoms with van der Waals surface area (Å²) in [5, 5.41) is 2.95. The molecule has 1 N–H and O–H groups in total. The Bertz CT molecular complexity index is 1000. The monoisotopic (exact) mass is 434 g/mol. The molecule has 0 saturated carbocycles. The standard InChI is InChI=1S/C26H30N2O4/c1-26(2)16-20(25(31)32-26)15-23(29)28-13-12-27-24(30)21(17-28)14-19-10-6-7-11-22(19)18-8-4-3-5-9-18/h3-11,20-21H,12-17H2,1-2H3,(H,27,30)/t20-,21-/m0/s1. The largest absolute Gasteiger partial charge is 0.459 e. The Morgan fingerprint density at radius 1 is 1.06 bits per heavy atom. The number of carbonyl (C=O) groups is 3. The maximum absolute atomic E-state index is 13.0. The van der Waals surface area contributed by atoms with Gasteiger partial charge in [-0.2, -0.15) is 0 Å². The molecule has 0 bridgehead atoms. The van der Waals surface area contributed by atoms with Crippen LogP contribution in [0.15, 0.2) is 54.6 Å². The molecule has 2 fully saturated rings. The lowest BCUT2D eigenvalue weighted by Gasteiger charge is -2.24. The van der Waals surface area contributed by atoms with Gasteiger partial charge in [0.05, 0.1) is 11.8 Å². The van der Waals surface area contributed by atoms with Crippen LogP contribution in [-0.4, -0.2) is 47.9 Å². The minimum absolute atomic E-state index is 0.0374. The minimum atomic E-state index is -0.526. The topological polar surface area (TPSA) is 75.7 Å². The van der Waals surface area contributed by atoms with Crippen LogP contribution in [0.5, 0.6) is 0 Å². The van der Waals surface area contributed by atoms with Crippen molar-refractivity contribution in [2.75, 3.05) is 19.6 Å². The van der Waals surface area contributed by atoms with Crippen LogP contribution in [0, 0.1) is 11.8 Å². The highest BCUT2D eigenvalue weighted by molar-refractivity contribution is 5.86. The Morgan fingerprint density at radius 2 is 1.78 bits per heavy atom. The molecule has 0 aliphatic carbocycles. The van der Waals surface area contributed by atoms with E-state index in [4.69, 9.17) is 4.74 Å². The molecule has 4 rings (SSSR count). The smallest absolute Gasteiger partial charge is 0.310 e. The van der Waals surface area contributed by atoms with E-state index < -0.39 is 11.5 Å². The fourth-order valence-corrected chi connectivity index (χ4v) is 4.71. The number of benzene rings is 2. The summed E-state index contributed by atoms with van der Waals surface area (Å²) in [5.41, 5.74) is 2.75. The van der Waals surface area contributed by atoms with E-state index in [9.17, 15) is 14.4 Å². The van der Waals surface area contributed by atoms with Crippen LogP contribution in [-0.2, 0) is 25.5 Å². The van der Waals surface area contributed by atoms with Crippen molar-refractivity contribution in [2.24, 2.45) is 11.8 Å². The highest BCUT2D eigenvalue weighted by atomic mass is 16.6. The van der Waals surface area contributed by atoms with Gasteiger partial charge in [0.25, 0.3) is 0 Å². The molecule has 0 spiro atoms. The molecule has 2 saturated heterocycles. The van der Waals surface area contributed by atoms with Crippen LogP contribution in [0.3, 0.4) is 0 Å². The third kappa shape index (κ3) is 5.01. The number of esters is 1. The number of hydrogen-bond donors (Lipinski definition) is 1. The Morgan fingerprint density at radius 3 is 2.50 bits per heavy atom. The highest BCUT2D eigenvalue weighted by Gasteiger charge is 2.41. The Balaban J connectivity index is 1.48. The second kappa shape index (κ2) is 9.15. The molecule has 2 heterocycles. The zero-order valence-corrected chi connectivity index (χ0v) is 18.7. The molecule has 6 heteroatoms. The lowest BCUT2D eigenvalue weighted by molar-refractivity contribution is -0.150. The van der Waals surface area contributed by atoms with Gasteiger partial charge in [0.1, 0.15) is 5.60 Å². The number of carbonyl (C=O) groups excluding carboxylic acids is 3. The van der Waals surface area contributed by atoms with E-state index in [1.807, 2.05) is 50.2 Å². The van der Waals surface area contributed by atoms with Crippen LogP contribution in [0.25, 0.3) is 11.1 Å². The second-order valence-corrected chi connectivity index (χ2v) is 9.34. The predicted molar refractivity (Wildman–Crippen MR) is 122 cm³/mol. The molecule has 168 valence electrons. The quantitative estimate of drug-likeness (QED) is 0.734. The molecular weight excluding hydrogens is 404 g/mol. The zero-order valence-electron chi connectivity index (χ0n) is 18.7. The summed E-state index contributed by atoms with van der Waals surface area (Å²) in [6.45, 7) is 4.95. The number of cyclic esters (lactones) is 1. The number of nitrogens with one attached hydrogen (secondary N) is 1. The zero-order chi connectivity index (χ0) is 22.7. The van der Waals surface area contributed by atoms with Gasteiger partial charge in [0.2, 0.25) is 11.8 Å². The molecule has 2 aliphatic heterocycles. The van der Waals surface area contributed by atoms with Crippen LogP contribution in [0.2, 0.25) is 0 Å². The van der Waals surface area contributed by atoms with Gasteiger partial charge in [-0.1, -0.05) is 54.6 Å². The van der Waals surface area contributed by atoms with Crippen molar-refractivity contribution in [1.29, 1.82) is 0 Å². The molecule has 32 heavy (non-hydrogen) atoms. The average Bonchev–Trinajstić information content (AvgIpc) is 2.91. The fourth-order valence-electron chi connectivity index (χ4n) is 4.71. The van der Waals surface area contributed by atoms with Gasteiger partial charge in [-0.15, -0.1) is 0 Å². The number of rotatable bonds is 5. The first-order chi connectivity index (χ1) is 15.3. The molecule has 2 amide bonds. The van der Waals surface area contributed by atoms with Gasteiger partial charge in [-0.25, -0.2) is 0 Å². The van der Waals surface area contributed by atoms with Gasteiger partial charge in [0.15, 0.2) is 0 Å². The summed E-state index contributed by atoms with van der Waals surface area (Å²) in [6.07, 6.45) is 1.21. The van der Waals surface area contributed by atoms with Crippen LogP contribution in [0.1, 0.15) is 32.3 Å². The van der Waals surface area contributed by atoms with Crippen molar-refractivity contribution in [3.8, 4) is 11.1 Å². The molecular formula is C26H30N2O4. The summed E-state index contributed by atoms with van der Waals surface area (Å²) in [5.74, 6) is -1.20. The molecule has 2 atom stereocenters. The summed E-state index contributed by atoms with van der Waals surface area (Å²) in [7, 11) is 0. The number of nitrogens with zero attached hydrogens (tertiary/aromatic N) is 1. The number of hydrogen-bond acceptors (Lipinski definition) is 4. The first-order valence-electron chi connectivity index (χ1n) is 11.2. The lowest BCUT2D eigenvalue weighted by Crippen LogP contribution is -2.38. The van der Waals surface area contributed by atoms with E-state index in [2.05, 4.69) is 23.5 Å². The number of amides is 2. The highest BCUT2D eigenvalue weighted by Crippen LogP contribution is 2.33. The van der Waals surface area contributed by atoms with E-state index in [-0.39, 0.29) is 30.1 Å². The van der Waals surface area contributed by atoms with Gasteiger partial charge in [-0.05, 0) is 37.0 Å². The van der Waals surface area contributed by atoms with Gasteiger partial charge in [-0.3, -0.25) is 14.4 Å². The summed E-state index contributed by atoms with van der Waals surface area (Å²) in [6, 6.07) is 18.2. The first kappa shape index (κ1) is 22.1. The average molecular weight is 435 g/mol. The molecule has 0 aromatic heterocycles. The van der Waals surface area contributed by atoms with Crippen molar-refractivity contribution in [3.05, 3.63) is 60.2 Å². The first-order valence-corrected chi connectivity index (χ1v) is 11.2. The molecule has 2 aromatic carbocycles. The fraction of sp³-hybridized carbons (Fsp3) is 0.423. The summed E-state index contributed by atoms with van der Waals surface area (Å²) >= 11 is 0. The molecule has 2 aromatic rings. The maximum Gasteiger partial charge on any atom is 0.310 e. The minimum Gasteiger partial charge on any atom is -0.459 e. The van der Waals surface area contributed by atoms with Crippen molar-refractivity contribution >= 4 is 17.8 Å². The summed E-state index contributed by atoms with van der Waals surface area (Å²) in [4.78, 5) is 39.7. The van der Waals surface area contributed by atoms with E-state index in [0.717, 1.165) is 16.7 Å². The lowest BCUT2D eigenvalue weighted by atomic mass is 9.91. The summed E-state index contributed by atoms with van der Waals surface area (Å²) < 4.78 is 5.37. The predicted octanol–water partition coefficient (Wildman–Crippen LogP) is 3.20. The number of ether oxygens (including phenoxy) is 1. The second-order valence-electron chi connectivity index (χ2n) is 9.34. The third-order valence-electron chi connectivity index (χ3n) is 6.28. The Hall–Kier alpha value is -3.15. The van der Waals surface area contributed by atoms with Crippen molar-refractivity contribution in [1.82, 2.24) is 10.2 Å². The normalized spacial score (nSPS) is 22.8. The molecule has 0 radical (unpaired) electrons. The maximum atomic E-state index is 13.0. The van der Waals surface area contributed by atoms with Crippen LogP contribution >= 0.6 is 0 Å². The SMILES string of the molecule is CC1(C)C[C@H](CC(=O)N2CCNC(=O)[C@@H](Cc3ccccc3-c3ccccc3)C2)C(=O)O1. The van der Waals surface area contributed by atoms with Gasteiger partial charge >= 0.3 is 5.97 Å². The van der Waals surface area contributed by atoms with Crippen LogP contribution in [0.4, 0.5) is 0 Å². The molecule has 0 unspecified atom stereocenters. The Labute approximate surface area is 188 Å². The van der Waals surface area contributed by atoms with E-state index in [1.54, 1.807) is 4.90 Å². The van der Waals surface area contributed by atoms with E-state index in [1.165, 1.54) is 0 Å².